The number of hydrogen-bond donors (Lipinski definition) is 6. The smallest absolute Gasteiger partial charge is 0.140 e. The lowest BCUT2D eigenvalue weighted by Crippen LogP contribution is -2.37. The van der Waals surface area contributed by atoms with Gasteiger partial charge in [-0.3, -0.25) is 0 Å². The van der Waals surface area contributed by atoms with Crippen LogP contribution in [-0.2, 0) is 0 Å². The zero-order valence-electron chi connectivity index (χ0n) is 17.3. The Morgan fingerprint density at radius 3 is 1.30 bits per heavy atom. The minimum atomic E-state index is -1.68. The molecule has 4 atom stereocenters. The van der Waals surface area contributed by atoms with Gasteiger partial charge < -0.3 is 30.4 Å². The minimum Gasteiger partial charge on any atom is -0.387 e. The monoisotopic (exact) mass is 410 g/mol. The van der Waals surface area contributed by atoms with E-state index in [9.17, 15) is 20.4 Å². The summed E-state index contributed by atoms with van der Waals surface area (Å²) in [6, 6.07) is 7.58. The molecule has 4 rings (SSSR count). The van der Waals surface area contributed by atoms with Crippen LogP contribution in [0.5, 0.6) is 0 Å². The topological polar surface area (TPSA) is 138 Å². The number of aliphatic hydroxyl groups excluding tert-OH is 4. The van der Waals surface area contributed by atoms with Crippen LogP contribution in [0.25, 0.3) is 22.1 Å². The first-order valence-electron chi connectivity index (χ1n) is 9.81. The van der Waals surface area contributed by atoms with Crippen LogP contribution in [-0.4, -0.2) is 52.6 Å². The molecule has 4 aromatic rings. The van der Waals surface area contributed by atoms with Crippen molar-refractivity contribution in [1.29, 1.82) is 0 Å². The van der Waals surface area contributed by atoms with Gasteiger partial charge in [0.05, 0.1) is 22.1 Å². The minimum absolute atomic E-state index is 0.115. The van der Waals surface area contributed by atoms with Crippen LogP contribution in [0.2, 0.25) is 0 Å². The summed E-state index contributed by atoms with van der Waals surface area (Å²) in [5, 5.41) is 42.1. The van der Waals surface area contributed by atoms with Crippen LogP contribution in [0.15, 0.2) is 24.3 Å². The van der Waals surface area contributed by atoms with E-state index in [-0.39, 0.29) is 11.6 Å². The zero-order valence-corrected chi connectivity index (χ0v) is 17.3. The van der Waals surface area contributed by atoms with Crippen LogP contribution in [0.1, 0.15) is 46.1 Å². The molecule has 2 heterocycles. The summed E-state index contributed by atoms with van der Waals surface area (Å²) >= 11 is 0. The molecular weight excluding hydrogens is 384 g/mol. The fourth-order valence-corrected chi connectivity index (χ4v) is 3.56. The van der Waals surface area contributed by atoms with Gasteiger partial charge in [-0.05, 0) is 74.2 Å². The second-order valence-electron chi connectivity index (χ2n) is 8.02. The standard InChI is InChI=1S/C22H26N4O4/c1-9-5-13-14(6-10(9)2)24-21(23-13)19(29)17(27)18(28)20(30)22-25-15-7-11(3)12(4)8-16(15)26-22/h5-8,17-20,27-30H,1-4H3,(H,23,24)(H,25,26)/t17-,18+,19-,20+. The summed E-state index contributed by atoms with van der Waals surface area (Å²) in [5.41, 5.74) is 6.99. The maximum absolute atomic E-state index is 10.6. The van der Waals surface area contributed by atoms with Gasteiger partial charge in [-0.25, -0.2) is 9.97 Å². The quantitative estimate of drug-likeness (QED) is 0.298. The van der Waals surface area contributed by atoms with E-state index in [1.807, 2.05) is 52.0 Å². The summed E-state index contributed by atoms with van der Waals surface area (Å²) in [7, 11) is 0. The van der Waals surface area contributed by atoms with Crippen molar-refractivity contribution < 1.29 is 20.4 Å². The Hall–Kier alpha value is -2.78. The van der Waals surface area contributed by atoms with Gasteiger partial charge in [-0.15, -0.1) is 0 Å². The molecule has 0 saturated carbocycles. The Morgan fingerprint density at radius 1 is 0.600 bits per heavy atom. The molecule has 6 N–H and O–H groups in total. The molecule has 0 aliphatic carbocycles. The number of rotatable bonds is 5. The second-order valence-corrected chi connectivity index (χ2v) is 8.02. The Balaban J connectivity index is 1.58. The average molecular weight is 410 g/mol. The van der Waals surface area contributed by atoms with Crippen molar-refractivity contribution >= 4 is 22.1 Å². The van der Waals surface area contributed by atoms with Crippen LogP contribution in [0, 0.1) is 27.7 Å². The molecule has 0 aliphatic heterocycles. The Bertz CT molecular complexity index is 1060. The van der Waals surface area contributed by atoms with E-state index in [2.05, 4.69) is 19.9 Å². The summed E-state index contributed by atoms with van der Waals surface area (Å²) in [4.78, 5) is 14.6. The van der Waals surface area contributed by atoms with E-state index < -0.39 is 24.4 Å². The number of nitrogens with one attached hydrogen (secondary N) is 2. The van der Waals surface area contributed by atoms with Crippen LogP contribution in [0.4, 0.5) is 0 Å². The van der Waals surface area contributed by atoms with Crippen molar-refractivity contribution in [2.24, 2.45) is 0 Å². The zero-order chi connectivity index (χ0) is 21.7. The normalized spacial score (nSPS) is 16.1. The fourth-order valence-electron chi connectivity index (χ4n) is 3.56. The molecule has 2 aromatic heterocycles. The number of imidazole rings is 2. The molecule has 158 valence electrons. The van der Waals surface area contributed by atoms with Gasteiger partial charge in [0.1, 0.15) is 36.1 Å². The van der Waals surface area contributed by atoms with Crippen molar-refractivity contribution in [2.75, 3.05) is 0 Å². The Morgan fingerprint density at radius 2 is 0.933 bits per heavy atom. The average Bonchev–Trinajstić information content (AvgIpc) is 3.30. The number of aliphatic hydroxyl groups is 4. The molecule has 0 radical (unpaired) electrons. The molecule has 0 spiro atoms. The van der Waals surface area contributed by atoms with Crippen molar-refractivity contribution in [2.45, 2.75) is 52.1 Å². The van der Waals surface area contributed by atoms with E-state index in [1.54, 1.807) is 0 Å². The predicted molar refractivity (Wildman–Crippen MR) is 113 cm³/mol. The van der Waals surface area contributed by atoms with Gasteiger partial charge in [0, 0.05) is 0 Å². The lowest BCUT2D eigenvalue weighted by molar-refractivity contribution is -0.111. The van der Waals surface area contributed by atoms with Crippen molar-refractivity contribution in [3.63, 3.8) is 0 Å². The molecule has 0 aliphatic rings. The first-order chi connectivity index (χ1) is 14.2. The number of benzene rings is 2. The number of fused-ring (bicyclic) bond motifs is 2. The molecule has 0 unspecified atom stereocenters. The van der Waals surface area contributed by atoms with E-state index >= 15 is 0 Å². The highest BCUT2D eigenvalue weighted by Crippen LogP contribution is 2.28. The lowest BCUT2D eigenvalue weighted by Gasteiger charge is -2.24. The molecule has 8 heteroatoms. The highest BCUT2D eigenvalue weighted by atomic mass is 16.4. The maximum atomic E-state index is 10.6. The largest absolute Gasteiger partial charge is 0.387 e. The number of H-pyrrole nitrogens is 2. The molecule has 30 heavy (non-hydrogen) atoms. The van der Waals surface area contributed by atoms with Gasteiger partial charge in [-0.2, -0.15) is 0 Å². The number of aromatic amines is 2. The third kappa shape index (κ3) is 3.48. The number of hydrogen-bond acceptors (Lipinski definition) is 6. The molecule has 0 bridgehead atoms. The molecule has 0 fully saturated rings. The predicted octanol–water partition coefficient (Wildman–Crippen LogP) is 2.16. The van der Waals surface area contributed by atoms with Gasteiger partial charge in [0.25, 0.3) is 0 Å². The summed E-state index contributed by atoms with van der Waals surface area (Å²) in [6.45, 7) is 7.86. The number of nitrogens with zero attached hydrogens (tertiary/aromatic N) is 2. The highest BCUT2D eigenvalue weighted by molar-refractivity contribution is 5.78. The first-order valence-corrected chi connectivity index (χ1v) is 9.81. The molecule has 0 amide bonds. The van der Waals surface area contributed by atoms with Crippen LogP contribution >= 0.6 is 0 Å². The van der Waals surface area contributed by atoms with E-state index in [0.29, 0.717) is 11.0 Å². The van der Waals surface area contributed by atoms with Crippen molar-refractivity contribution in [3.05, 3.63) is 58.2 Å². The third-order valence-electron chi connectivity index (χ3n) is 5.79. The van der Waals surface area contributed by atoms with E-state index in [4.69, 9.17) is 0 Å². The molecule has 0 saturated heterocycles. The first kappa shape index (κ1) is 20.5. The van der Waals surface area contributed by atoms with Gasteiger partial charge >= 0.3 is 0 Å². The van der Waals surface area contributed by atoms with E-state index in [1.165, 1.54) is 0 Å². The summed E-state index contributed by atoms with van der Waals surface area (Å²) < 4.78 is 0. The van der Waals surface area contributed by atoms with Crippen LogP contribution < -0.4 is 0 Å². The third-order valence-corrected chi connectivity index (χ3v) is 5.79. The Labute approximate surface area is 173 Å². The number of aryl methyl sites for hydroxylation is 4. The Kier molecular flexibility index (Phi) is 5.11. The summed E-state index contributed by atoms with van der Waals surface area (Å²) in [5.74, 6) is 0.231. The fraction of sp³-hybridized carbons (Fsp3) is 0.364. The van der Waals surface area contributed by atoms with Crippen LogP contribution in [0.3, 0.4) is 0 Å². The molecule has 8 nitrogen and oxygen atoms in total. The second kappa shape index (κ2) is 7.48. The molecular formula is C22H26N4O4. The van der Waals surface area contributed by atoms with Gasteiger partial charge in [-0.1, -0.05) is 0 Å². The van der Waals surface area contributed by atoms with Crippen molar-refractivity contribution in [3.8, 4) is 0 Å². The maximum Gasteiger partial charge on any atom is 0.140 e. The lowest BCUT2D eigenvalue weighted by atomic mass is 10.0. The van der Waals surface area contributed by atoms with Gasteiger partial charge in [0.15, 0.2) is 0 Å². The SMILES string of the molecule is Cc1cc2nc([C@@H](O)[C@@H](O)[C@@H](O)[C@@H](O)c3nc4cc(C)c(C)cc4[nH]3)[nH]c2cc1C. The van der Waals surface area contributed by atoms with Gasteiger partial charge in [0.2, 0.25) is 0 Å². The van der Waals surface area contributed by atoms with Crippen molar-refractivity contribution in [1.82, 2.24) is 19.9 Å². The highest BCUT2D eigenvalue weighted by Gasteiger charge is 2.35. The summed E-state index contributed by atoms with van der Waals surface area (Å²) in [6.07, 6.45) is -6.40. The molecule has 2 aromatic carbocycles. The van der Waals surface area contributed by atoms with E-state index in [0.717, 1.165) is 33.3 Å². The number of aromatic nitrogens is 4.